The summed E-state index contributed by atoms with van der Waals surface area (Å²) in [6.07, 6.45) is 7.93. The Morgan fingerprint density at radius 2 is 1.79 bits per heavy atom. The lowest BCUT2D eigenvalue weighted by Crippen LogP contribution is -2.34. The fourth-order valence-corrected chi connectivity index (χ4v) is 6.08. The monoisotopic (exact) mass is 439 g/mol. The molecule has 1 N–H and O–H groups in total. The number of anilines is 1. The van der Waals surface area contributed by atoms with Crippen LogP contribution in [0.25, 0.3) is 17.1 Å². The molecule has 0 radical (unpaired) electrons. The number of allylic oxidation sites excluding steroid dienone is 3. The van der Waals surface area contributed by atoms with Crippen LogP contribution in [0.5, 0.6) is 0 Å². The quantitative estimate of drug-likeness (QED) is 0.578. The van der Waals surface area contributed by atoms with E-state index in [9.17, 15) is 9.59 Å². The molecule has 33 heavy (non-hydrogen) atoms. The summed E-state index contributed by atoms with van der Waals surface area (Å²) in [5.74, 6) is 0.0843. The molecule has 6 rings (SSSR count). The first-order valence-corrected chi connectivity index (χ1v) is 11.8. The van der Waals surface area contributed by atoms with Gasteiger partial charge in [-0.25, -0.2) is 4.79 Å². The van der Waals surface area contributed by atoms with E-state index in [-0.39, 0.29) is 22.8 Å². The van der Waals surface area contributed by atoms with E-state index in [1.807, 2.05) is 13.1 Å². The summed E-state index contributed by atoms with van der Waals surface area (Å²) in [6.45, 7) is 4.34. The van der Waals surface area contributed by atoms with E-state index >= 15 is 0 Å². The third-order valence-corrected chi connectivity index (χ3v) is 7.65. The second kappa shape index (κ2) is 6.83. The number of benzene rings is 2. The number of nitrogens with zero attached hydrogens (tertiary/aromatic N) is 2. The van der Waals surface area contributed by atoms with E-state index in [0.717, 1.165) is 52.8 Å². The second-order valence-electron chi connectivity index (χ2n) is 10.6. The molecular weight excluding hydrogens is 410 g/mol. The van der Waals surface area contributed by atoms with Crippen molar-refractivity contribution in [3.05, 3.63) is 80.4 Å². The minimum atomic E-state index is -0.141. The number of nitrogens with one attached hydrogen (secondary N) is 1. The molecule has 5 nitrogen and oxygen atoms in total. The van der Waals surface area contributed by atoms with Crippen LogP contribution in [0.2, 0.25) is 0 Å². The first-order valence-electron chi connectivity index (χ1n) is 11.8. The van der Waals surface area contributed by atoms with E-state index in [1.54, 1.807) is 16.2 Å². The molecule has 3 aromatic rings. The highest BCUT2D eigenvalue weighted by Crippen LogP contribution is 2.51. The van der Waals surface area contributed by atoms with Crippen LogP contribution >= 0.6 is 0 Å². The maximum Gasteiger partial charge on any atom is 0.328 e. The maximum absolute atomic E-state index is 13.6. The third kappa shape index (κ3) is 2.91. The standard InChI is InChI=1S/C28H29N3O2/c1-28(2)14-20-26(23(32)15-28)24(17-10-12-21-22(13-17)31(4)27(33)30(21)3)25-18-8-6-5-7-16(18)9-11-19(25)29-20/h6,8-13,24,29H,5,7,14-15H2,1-4H3. The Hall–Kier alpha value is -3.34. The van der Waals surface area contributed by atoms with Crippen molar-refractivity contribution in [2.24, 2.45) is 19.5 Å². The van der Waals surface area contributed by atoms with Crippen LogP contribution in [-0.2, 0) is 25.3 Å². The smallest absolute Gasteiger partial charge is 0.328 e. The predicted octanol–water partition coefficient (Wildman–Crippen LogP) is 5.04. The van der Waals surface area contributed by atoms with Crippen molar-refractivity contribution >= 4 is 28.6 Å². The van der Waals surface area contributed by atoms with Gasteiger partial charge in [0, 0.05) is 43.4 Å². The van der Waals surface area contributed by atoms with Gasteiger partial charge in [-0.1, -0.05) is 38.1 Å². The Balaban J connectivity index is 1.65. The van der Waals surface area contributed by atoms with Crippen LogP contribution in [-0.4, -0.2) is 14.9 Å². The zero-order chi connectivity index (χ0) is 23.1. The number of aromatic nitrogens is 2. The first-order chi connectivity index (χ1) is 15.7. The van der Waals surface area contributed by atoms with E-state index in [1.165, 1.54) is 16.7 Å². The minimum Gasteiger partial charge on any atom is -0.358 e. The predicted molar refractivity (Wildman–Crippen MR) is 132 cm³/mol. The molecule has 0 bridgehead atoms. The van der Waals surface area contributed by atoms with Gasteiger partial charge < -0.3 is 5.32 Å². The van der Waals surface area contributed by atoms with Gasteiger partial charge in [-0.05, 0) is 65.1 Å². The van der Waals surface area contributed by atoms with E-state index < -0.39 is 0 Å². The zero-order valence-electron chi connectivity index (χ0n) is 19.7. The molecule has 2 aromatic carbocycles. The molecule has 5 heteroatoms. The molecule has 0 saturated carbocycles. The highest BCUT2D eigenvalue weighted by atomic mass is 16.1. The number of aryl methyl sites for hydroxylation is 3. The van der Waals surface area contributed by atoms with E-state index in [4.69, 9.17) is 0 Å². The summed E-state index contributed by atoms with van der Waals surface area (Å²) >= 11 is 0. The molecule has 0 saturated heterocycles. The molecule has 1 aliphatic heterocycles. The fourth-order valence-electron chi connectivity index (χ4n) is 6.08. The number of hydrogen-bond acceptors (Lipinski definition) is 3. The van der Waals surface area contributed by atoms with E-state index in [0.29, 0.717) is 6.42 Å². The molecule has 1 unspecified atom stereocenters. The van der Waals surface area contributed by atoms with Gasteiger partial charge in [-0.15, -0.1) is 0 Å². The zero-order valence-corrected chi connectivity index (χ0v) is 19.7. The van der Waals surface area contributed by atoms with Crippen LogP contribution < -0.4 is 11.0 Å². The number of carbonyl (C=O) groups is 1. The van der Waals surface area contributed by atoms with Crippen molar-refractivity contribution in [1.82, 2.24) is 9.13 Å². The van der Waals surface area contributed by atoms with Crippen molar-refractivity contribution < 1.29 is 4.79 Å². The average molecular weight is 440 g/mol. The molecule has 0 spiro atoms. The highest BCUT2D eigenvalue weighted by Gasteiger charge is 2.41. The molecule has 1 atom stereocenters. The van der Waals surface area contributed by atoms with Gasteiger partial charge in [-0.2, -0.15) is 0 Å². The molecule has 0 fully saturated rings. The van der Waals surface area contributed by atoms with Gasteiger partial charge in [0.2, 0.25) is 0 Å². The van der Waals surface area contributed by atoms with Crippen molar-refractivity contribution in [3.63, 3.8) is 0 Å². The SMILES string of the molecule is Cn1c(=O)n(C)c2cc(C3C4=C(CC(C)(C)CC4=O)Nc4ccc5c(c43)C=CCC5)ccc21. The largest absolute Gasteiger partial charge is 0.358 e. The Bertz CT molecular complexity index is 1480. The second-order valence-corrected chi connectivity index (χ2v) is 10.6. The lowest BCUT2D eigenvalue weighted by molar-refractivity contribution is -0.118. The van der Waals surface area contributed by atoms with Crippen LogP contribution in [0.15, 0.2) is 52.5 Å². The van der Waals surface area contributed by atoms with Crippen LogP contribution in [0.1, 0.15) is 61.3 Å². The van der Waals surface area contributed by atoms with Gasteiger partial charge in [0.25, 0.3) is 0 Å². The number of ketones is 1. The molecule has 168 valence electrons. The van der Waals surface area contributed by atoms with Crippen molar-refractivity contribution in [2.75, 3.05) is 5.32 Å². The topological polar surface area (TPSA) is 56.0 Å². The maximum atomic E-state index is 13.6. The van der Waals surface area contributed by atoms with Gasteiger partial charge >= 0.3 is 5.69 Å². The minimum absolute atomic E-state index is 0.0384. The summed E-state index contributed by atoms with van der Waals surface area (Å²) in [6, 6.07) is 10.7. The van der Waals surface area contributed by atoms with Gasteiger partial charge in [-0.3, -0.25) is 13.9 Å². The Morgan fingerprint density at radius 1 is 1.00 bits per heavy atom. The normalized spacial score (nSPS) is 21.0. The molecule has 1 aromatic heterocycles. The number of hydrogen-bond donors (Lipinski definition) is 1. The highest BCUT2D eigenvalue weighted by molar-refractivity contribution is 6.02. The number of fused-ring (bicyclic) bond motifs is 4. The van der Waals surface area contributed by atoms with Crippen LogP contribution in [0, 0.1) is 5.41 Å². The number of imidazole rings is 1. The van der Waals surface area contributed by atoms with Crippen molar-refractivity contribution in [2.45, 2.75) is 45.4 Å². The van der Waals surface area contributed by atoms with Gasteiger partial charge in [0.1, 0.15) is 0 Å². The first kappa shape index (κ1) is 20.3. The van der Waals surface area contributed by atoms with Crippen molar-refractivity contribution in [3.8, 4) is 0 Å². The van der Waals surface area contributed by atoms with Crippen molar-refractivity contribution in [1.29, 1.82) is 0 Å². The Kier molecular flexibility index (Phi) is 4.20. The Morgan fingerprint density at radius 3 is 2.61 bits per heavy atom. The fraction of sp³-hybridized carbons (Fsp3) is 0.357. The molecule has 3 aliphatic rings. The summed E-state index contributed by atoms with van der Waals surface area (Å²) in [5, 5.41) is 3.66. The summed E-state index contributed by atoms with van der Waals surface area (Å²) < 4.78 is 3.38. The van der Waals surface area contributed by atoms with Crippen LogP contribution in [0.4, 0.5) is 5.69 Å². The number of carbonyl (C=O) groups excluding carboxylic acids is 1. The van der Waals surface area contributed by atoms with E-state index in [2.05, 4.69) is 55.6 Å². The Labute approximate surface area is 193 Å². The summed E-state index contributed by atoms with van der Waals surface area (Å²) in [4.78, 5) is 26.2. The molecule has 0 amide bonds. The van der Waals surface area contributed by atoms with Crippen LogP contribution in [0.3, 0.4) is 0 Å². The van der Waals surface area contributed by atoms with Gasteiger partial charge in [0.05, 0.1) is 11.0 Å². The third-order valence-electron chi connectivity index (χ3n) is 7.65. The average Bonchev–Trinajstić information content (AvgIpc) is 3.00. The number of rotatable bonds is 1. The summed E-state index contributed by atoms with van der Waals surface area (Å²) in [7, 11) is 3.62. The van der Waals surface area contributed by atoms with Gasteiger partial charge in [0.15, 0.2) is 5.78 Å². The summed E-state index contributed by atoms with van der Waals surface area (Å²) in [5.41, 5.74) is 9.57. The molecule has 2 aliphatic carbocycles. The number of Topliss-reactive ketones (excluding diaryl/α,β-unsaturated/α-hetero) is 1. The molecule has 2 heterocycles. The lowest BCUT2D eigenvalue weighted by atomic mass is 9.67. The molecular formula is C28H29N3O2. The lowest BCUT2D eigenvalue weighted by Gasteiger charge is -2.40.